The highest BCUT2D eigenvalue weighted by atomic mass is 32.2. The van der Waals surface area contributed by atoms with Crippen LogP contribution in [-0.4, -0.2) is 58.1 Å². The average molecular weight is 448 g/mol. The molecule has 4 rings (SSSR count). The van der Waals surface area contributed by atoms with Gasteiger partial charge in [-0.3, -0.25) is 9.47 Å². The van der Waals surface area contributed by atoms with E-state index in [2.05, 4.69) is 16.0 Å². The molecule has 1 aliphatic carbocycles. The number of hydrogen-bond donors (Lipinski definition) is 0. The average Bonchev–Trinajstić information content (AvgIpc) is 3.52. The lowest BCUT2D eigenvalue weighted by Gasteiger charge is -2.34. The van der Waals surface area contributed by atoms with E-state index in [9.17, 15) is 8.42 Å². The van der Waals surface area contributed by atoms with Gasteiger partial charge in [-0.15, -0.1) is 6.58 Å². The molecule has 1 aliphatic heterocycles. The second-order valence-corrected chi connectivity index (χ2v) is 10.5. The number of sulfonamides is 1. The first-order valence-electron chi connectivity index (χ1n) is 10.4. The second kappa shape index (κ2) is 8.37. The van der Waals surface area contributed by atoms with Gasteiger partial charge in [-0.2, -0.15) is 9.40 Å². The molecule has 2 aromatic rings. The molecule has 162 valence electrons. The lowest BCUT2D eigenvalue weighted by atomic mass is 10.2. The molecule has 1 saturated carbocycles. The lowest BCUT2D eigenvalue weighted by Crippen LogP contribution is -2.49. The Balaban J connectivity index is 1.45. The van der Waals surface area contributed by atoms with E-state index >= 15 is 0 Å². The van der Waals surface area contributed by atoms with E-state index in [1.165, 1.54) is 0 Å². The Labute approximate surface area is 183 Å². The molecular weight excluding hydrogens is 418 g/mol. The standard InChI is InChI=1S/C21H29N5O2S2/c1-4-9-25-20(18-7-8-18)22-26(21(25)29)15-23-10-12-24(13-11-23)30(27,28)19-14-16(2)5-6-17(19)3/h4-6,14,18H,1,7-13,15H2,2-3H3. The summed E-state index contributed by atoms with van der Waals surface area (Å²) >= 11 is 5.65. The van der Waals surface area contributed by atoms with Crippen LogP contribution >= 0.6 is 12.2 Å². The van der Waals surface area contributed by atoms with Crippen molar-refractivity contribution in [3.05, 3.63) is 52.6 Å². The summed E-state index contributed by atoms with van der Waals surface area (Å²) in [4.78, 5) is 2.63. The minimum absolute atomic E-state index is 0.412. The maximum Gasteiger partial charge on any atom is 0.243 e. The Bertz CT molecular complexity index is 1110. The Morgan fingerprint density at radius 2 is 1.90 bits per heavy atom. The predicted octanol–water partition coefficient (Wildman–Crippen LogP) is 3.06. The van der Waals surface area contributed by atoms with E-state index in [4.69, 9.17) is 17.3 Å². The Morgan fingerprint density at radius 3 is 2.53 bits per heavy atom. The van der Waals surface area contributed by atoms with E-state index in [-0.39, 0.29) is 0 Å². The van der Waals surface area contributed by atoms with Crippen molar-refractivity contribution in [2.24, 2.45) is 0 Å². The number of benzene rings is 1. The smallest absolute Gasteiger partial charge is 0.243 e. The van der Waals surface area contributed by atoms with Crippen molar-refractivity contribution in [3.63, 3.8) is 0 Å². The molecule has 0 bridgehead atoms. The van der Waals surface area contributed by atoms with E-state index in [1.54, 1.807) is 10.4 Å². The van der Waals surface area contributed by atoms with Crippen molar-refractivity contribution < 1.29 is 8.42 Å². The zero-order chi connectivity index (χ0) is 21.5. The topological polar surface area (TPSA) is 63.4 Å². The number of aromatic nitrogens is 3. The molecule has 30 heavy (non-hydrogen) atoms. The van der Waals surface area contributed by atoms with Gasteiger partial charge in [0, 0.05) is 38.6 Å². The zero-order valence-corrected chi connectivity index (χ0v) is 19.3. The van der Waals surface area contributed by atoms with Crippen LogP contribution in [0.25, 0.3) is 0 Å². The van der Waals surface area contributed by atoms with Gasteiger partial charge in [0.15, 0.2) is 4.77 Å². The Morgan fingerprint density at radius 1 is 1.20 bits per heavy atom. The third-order valence-electron chi connectivity index (χ3n) is 5.83. The van der Waals surface area contributed by atoms with Crippen LogP contribution in [0.4, 0.5) is 0 Å². The third kappa shape index (κ3) is 4.16. The van der Waals surface area contributed by atoms with Crippen LogP contribution in [0.15, 0.2) is 35.7 Å². The van der Waals surface area contributed by atoms with Gasteiger partial charge in [0.05, 0.1) is 11.6 Å². The lowest BCUT2D eigenvalue weighted by molar-refractivity contribution is 0.144. The van der Waals surface area contributed by atoms with Gasteiger partial charge in [-0.1, -0.05) is 18.2 Å². The van der Waals surface area contributed by atoms with Gasteiger partial charge in [0.1, 0.15) is 5.82 Å². The van der Waals surface area contributed by atoms with Gasteiger partial charge in [-0.25, -0.2) is 13.1 Å². The van der Waals surface area contributed by atoms with Crippen molar-refractivity contribution in [1.29, 1.82) is 0 Å². The first-order chi connectivity index (χ1) is 14.3. The number of allylic oxidation sites excluding steroid dienone is 1. The molecule has 7 nitrogen and oxygen atoms in total. The molecular formula is C21H29N5O2S2. The van der Waals surface area contributed by atoms with E-state index in [1.807, 2.05) is 36.7 Å². The third-order valence-corrected chi connectivity index (χ3v) is 8.30. The first-order valence-corrected chi connectivity index (χ1v) is 12.2. The summed E-state index contributed by atoms with van der Waals surface area (Å²) in [5.74, 6) is 1.56. The van der Waals surface area contributed by atoms with Gasteiger partial charge in [0.25, 0.3) is 0 Å². The fourth-order valence-corrected chi connectivity index (χ4v) is 5.92. The second-order valence-electron chi connectivity index (χ2n) is 8.25. The predicted molar refractivity (Wildman–Crippen MR) is 119 cm³/mol. The molecule has 0 N–H and O–H groups in total. The first kappa shape index (κ1) is 21.4. The molecule has 2 aliphatic rings. The molecule has 9 heteroatoms. The highest BCUT2D eigenvalue weighted by Crippen LogP contribution is 2.39. The van der Waals surface area contributed by atoms with Crippen LogP contribution in [0.2, 0.25) is 0 Å². The Hall–Kier alpha value is -1.81. The number of piperazine rings is 1. The monoisotopic (exact) mass is 447 g/mol. The summed E-state index contributed by atoms with van der Waals surface area (Å²) in [6, 6.07) is 5.58. The van der Waals surface area contributed by atoms with Gasteiger partial charge >= 0.3 is 0 Å². The Kier molecular flexibility index (Phi) is 5.98. The van der Waals surface area contributed by atoms with E-state index in [0.29, 0.717) is 55.0 Å². The van der Waals surface area contributed by atoms with Crippen LogP contribution in [0.3, 0.4) is 0 Å². The quantitative estimate of drug-likeness (QED) is 0.482. The molecule has 1 saturated heterocycles. The fraction of sp³-hybridized carbons (Fsp3) is 0.524. The highest BCUT2D eigenvalue weighted by molar-refractivity contribution is 7.89. The van der Waals surface area contributed by atoms with Gasteiger partial charge < -0.3 is 0 Å². The summed E-state index contributed by atoms with van der Waals surface area (Å²) in [7, 11) is -3.48. The summed E-state index contributed by atoms with van der Waals surface area (Å²) in [6.45, 7) is 11.1. The maximum absolute atomic E-state index is 13.1. The minimum Gasteiger partial charge on any atom is -0.300 e. The van der Waals surface area contributed by atoms with Crippen molar-refractivity contribution in [3.8, 4) is 0 Å². The number of aryl methyl sites for hydroxylation is 2. The van der Waals surface area contributed by atoms with E-state index < -0.39 is 10.0 Å². The van der Waals surface area contributed by atoms with Crippen molar-refractivity contribution >= 4 is 22.2 Å². The number of hydrogen-bond acceptors (Lipinski definition) is 5. The van der Waals surface area contributed by atoms with Crippen LogP contribution in [0.1, 0.15) is 35.7 Å². The van der Waals surface area contributed by atoms with Crippen LogP contribution in [-0.2, 0) is 23.2 Å². The van der Waals surface area contributed by atoms with Crippen molar-refractivity contribution in [1.82, 2.24) is 23.6 Å². The van der Waals surface area contributed by atoms with Crippen LogP contribution < -0.4 is 0 Å². The molecule has 2 heterocycles. The molecule has 1 aromatic carbocycles. The molecule has 2 fully saturated rings. The number of rotatable bonds is 7. The molecule has 0 spiro atoms. The van der Waals surface area contributed by atoms with Gasteiger partial charge in [0.2, 0.25) is 10.0 Å². The van der Waals surface area contributed by atoms with Crippen LogP contribution in [0.5, 0.6) is 0 Å². The summed E-state index contributed by atoms with van der Waals surface area (Å²) < 4.78 is 32.5. The summed E-state index contributed by atoms with van der Waals surface area (Å²) in [6.07, 6.45) is 4.18. The van der Waals surface area contributed by atoms with E-state index in [0.717, 1.165) is 29.8 Å². The van der Waals surface area contributed by atoms with Gasteiger partial charge in [-0.05, 0) is 56.1 Å². The largest absolute Gasteiger partial charge is 0.300 e. The normalized spacial score (nSPS) is 18.6. The molecule has 0 radical (unpaired) electrons. The summed E-state index contributed by atoms with van der Waals surface area (Å²) in [5, 5.41) is 4.78. The zero-order valence-electron chi connectivity index (χ0n) is 17.6. The maximum atomic E-state index is 13.1. The molecule has 0 atom stereocenters. The molecule has 0 amide bonds. The highest BCUT2D eigenvalue weighted by Gasteiger charge is 2.32. The van der Waals surface area contributed by atoms with Crippen molar-refractivity contribution in [2.75, 3.05) is 26.2 Å². The number of nitrogens with zero attached hydrogens (tertiary/aromatic N) is 5. The molecule has 1 aromatic heterocycles. The van der Waals surface area contributed by atoms with Crippen LogP contribution in [0, 0.1) is 18.6 Å². The fourth-order valence-electron chi connectivity index (χ4n) is 3.92. The summed E-state index contributed by atoms with van der Waals surface area (Å²) in [5.41, 5.74) is 1.74. The SMILES string of the molecule is C=CCn1c(C2CC2)nn(CN2CCN(S(=O)(=O)c3cc(C)ccc3C)CC2)c1=S. The molecule has 0 unspecified atom stereocenters. The minimum atomic E-state index is -3.48. The van der Waals surface area contributed by atoms with Crippen molar-refractivity contribution in [2.45, 2.75) is 50.7 Å².